The van der Waals surface area contributed by atoms with E-state index in [-0.39, 0.29) is 24.2 Å². The molecule has 1 aliphatic rings. The van der Waals surface area contributed by atoms with Crippen LogP contribution in [0.25, 0.3) is 0 Å². The van der Waals surface area contributed by atoms with Gasteiger partial charge in [0.05, 0.1) is 5.92 Å². The maximum Gasteiger partial charge on any atom is 0.229 e. The van der Waals surface area contributed by atoms with Crippen molar-refractivity contribution >= 4 is 39.1 Å². The fourth-order valence-electron chi connectivity index (χ4n) is 3.39. The third kappa shape index (κ3) is 3.83. The van der Waals surface area contributed by atoms with Crippen molar-refractivity contribution < 1.29 is 9.59 Å². The van der Waals surface area contributed by atoms with Crippen LogP contribution in [0.4, 0.5) is 11.4 Å². The quantitative estimate of drug-likeness (QED) is 0.792. The SMILES string of the molecule is Cc1cc(C)cc(N2C[C@H](C(=O)Nc3cc(C)c(Br)cc3C)CC2=O)c1. The monoisotopic (exact) mass is 414 g/mol. The molecule has 0 aromatic heterocycles. The second kappa shape index (κ2) is 7.23. The number of hydrogen-bond donors (Lipinski definition) is 1. The fraction of sp³-hybridized carbons (Fsp3) is 0.333. The van der Waals surface area contributed by atoms with Gasteiger partial charge < -0.3 is 10.2 Å². The molecule has 2 aromatic carbocycles. The number of amides is 2. The van der Waals surface area contributed by atoms with Crippen molar-refractivity contribution in [2.24, 2.45) is 5.92 Å². The Bertz CT molecular complexity index is 872. The van der Waals surface area contributed by atoms with Crippen LogP contribution in [0.15, 0.2) is 34.8 Å². The lowest BCUT2D eigenvalue weighted by Gasteiger charge is -2.18. The van der Waals surface area contributed by atoms with Gasteiger partial charge in [-0.15, -0.1) is 0 Å². The zero-order valence-electron chi connectivity index (χ0n) is 15.5. The molecular weight excluding hydrogens is 392 g/mol. The zero-order chi connectivity index (χ0) is 19.0. The molecule has 4 nitrogen and oxygen atoms in total. The molecule has 1 N–H and O–H groups in total. The van der Waals surface area contributed by atoms with Gasteiger partial charge in [0.1, 0.15) is 0 Å². The van der Waals surface area contributed by atoms with Crippen molar-refractivity contribution in [3.05, 3.63) is 57.1 Å². The largest absolute Gasteiger partial charge is 0.326 e. The molecule has 1 atom stereocenters. The first kappa shape index (κ1) is 18.6. The minimum Gasteiger partial charge on any atom is -0.326 e. The number of carbonyl (C=O) groups is 2. The third-order valence-corrected chi connectivity index (χ3v) is 5.63. The van der Waals surface area contributed by atoms with E-state index in [1.165, 1.54) is 0 Å². The van der Waals surface area contributed by atoms with Crippen LogP contribution in [0.5, 0.6) is 0 Å². The third-order valence-electron chi connectivity index (χ3n) is 4.78. The molecular formula is C21H23BrN2O2. The summed E-state index contributed by atoms with van der Waals surface area (Å²) in [5.74, 6) is -0.444. The standard InChI is InChI=1S/C21H23BrN2O2/c1-12-5-13(2)7-17(6-12)24-11-16(10-20(24)25)21(26)23-19-9-14(3)18(22)8-15(19)4/h5-9,16H,10-11H2,1-4H3,(H,23,26)/t16-/m1/s1. The Hall–Kier alpha value is -2.14. The van der Waals surface area contributed by atoms with Crippen LogP contribution < -0.4 is 10.2 Å². The smallest absolute Gasteiger partial charge is 0.229 e. The molecule has 0 spiro atoms. The Labute approximate surface area is 162 Å². The van der Waals surface area contributed by atoms with Gasteiger partial charge in [0.25, 0.3) is 0 Å². The van der Waals surface area contributed by atoms with Gasteiger partial charge >= 0.3 is 0 Å². The van der Waals surface area contributed by atoms with Gasteiger partial charge in [0.15, 0.2) is 0 Å². The fourth-order valence-corrected chi connectivity index (χ4v) is 3.85. The first-order chi connectivity index (χ1) is 12.2. The highest BCUT2D eigenvalue weighted by Gasteiger charge is 2.35. The lowest BCUT2D eigenvalue weighted by molar-refractivity contribution is -0.122. The number of benzene rings is 2. The Morgan fingerprint density at radius 3 is 2.35 bits per heavy atom. The molecule has 0 aliphatic carbocycles. The molecule has 0 radical (unpaired) electrons. The van der Waals surface area contributed by atoms with Gasteiger partial charge in [-0.2, -0.15) is 0 Å². The molecule has 1 heterocycles. The molecule has 0 unspecified atom stereocenters. The molecule has 1 fully saturated rings. The second-order valence-corrected chi connectivity index (χ2v) is 8.01. The average molecular weight is 415 g/mol. The summed E-state index contributed by atoms with van der Waals surface area (Å²) in [5, 5.41) is 3.00. The number of nitrogens with one attached hydrogen (secondary N) is 1. The Morgan fingerprint density at radius 2 is 1.69 bits per heavy atom. The normalized spacial score (nSPS) is 16.9. The summed E-state index contributed by atoms with van der Waals surface area (Å²) in [4.78, 5) is 26.9. The van der Waals surface area contributed by atoms with Crippen molar-refractivity contribution in [1.29, 1.82) is 0 Å². The van der Waals surface area contributed by atoms with Gasteiger partial charge in [-0.3, -0.25) is 9.59 Å². The molecule has 3 rings (SSSR count). The summed E-state index contributed by atoms with van der Waals surface area (Å²) < 4.78 is 1.02. The first-order valence-electron chi connectivity index (χ1n) is 8.71. The number of carbonyl (C=O) groups excluding carboxylic acids is 2. The maximum absolute atomic E-state index is 12.7. The van der Waals surface area contributed by atoms with Crippen LogP contribution >= 0.6 is 15.9 Å². The van der Waals surface area contributed by atoms with Gasteiger partial charge in [0, 0.05) is 28.8 Å². The van der Waals surface area contributed by atoms with E-state index in [9.17, 15) is 9.59 Å². The van der Waals surface area contributed by atoms with Gasteiger partial charge in [-0.1, -0.05) is 22.0 Å². The summed E-state index contributed by atoms with van der Waals surface area (Å²) in [5.41, 5.74) is 5.95. The highest BCUT2D eigenvalue weighted by atomic mass is 79.9. The van der Waals surface area contributed by atoms with Crippen molar-refractivity contribution in [3.63, 3.8) is 0 Å². The molecule has 0 bridgehead atoms. The van der Waals surface area contributed by atoms with E-state index < -0.39 is 0 Å². The highest BCUT2D eigenvalue weighted by Crippen LogP contribution is 2.29. The van der Waals surface area contributed by atoms with E-state index in [2.05, 4.69) is 27.3 Å². The number of hydrogen-bond acceptors (Lipinski definition) is 2. The molecule has 1 saturated heterocycles. The minimum absolute atomic E-state index is 0.00106. The average Bonchev–Trinajstić information content (AvgIpc) is 2.93. The van der Waals surface area contributed by atoms with Crippen molar-refractivity contribution in [2.45, 2.75) is 34.1 Å². The summed E-state index contributed by atoms with van der Waals surface area (Å²) in [6.07, 6.45) is 0.243. The predicted octanol–water partition coefficient (Wildman–Crippen LogP) is 4.67. The van der Waals surface area contributed by atoms with Crippen LogP contribution in [0, 0.1) is 33.6 Å². The van der Waals surface area contributed by atoms with Crippen LogP contribution in [0.3, 0.4) is 0 Å². The van der Waals surface area contributed by atoms with Gasteiger partial charge in [0.2, 0.25) is 11.8 Å². The van der Waals surface area contributed by atoms with E-state index in [0.29, 0.717) is 6.54 Å². The summed E-state index contributed by atoms with van der Waals surface area (Å²) in [6, 6.07) is 10.0. The zero-order valence-corrected chi connectivity index (χ0v) is 17.1. The highest BCUT2D eigenvalue weighted by molar-refractivity contribution is 9.10. The van der Waals surface area contributed by atoms with E-state index in [1.54, 1.807) is 4.90 Å². The van der Waals surface area contributed by atoms with Crippen molar-refractivity contribution in [1.82, 2.24) is 0 Å². The molecule has 136 valence electrons. The Kier molecular flexibility index (Phi) is 5.19. The summed E-state index contributed by atoms with van der Waals surface area (Å²) in [6.45, 7) is 8.39. The van der Waals surface area contributed by atoms with Crippen LogP contribution in [-0.4, -0.2) is 18.4 Å². The Morgan fingerprint density at radius 1 is 1.04 bits per heavy atom. The second-order valence-electron chi connectivity index (χ2n) is 7.16. The molecule has 5 heteroatoms. The molecule has 26 heavy (non-hydrogen) atoms. The number of aryl methyl sites for hydroxylation is 4. The van der Waals surface area contributed by atoms with Crippen LogP contribution in [0.2, 0.25) is 0 Å². The van der Waals surface area contributed by atoms with E-state index in [0.717, 1.165) is 38.1 Å². The van der Waals surface area contributed by atoms with E-state index >= 15 is 0 Å². The minimum atomic E-state index is -0.341. The molecule has 2 amide bonds. The van der Waals surface area contributed by atoms with E-state index in [1.807, 2.05) is 52.0 Å². The number of anilines is 2. The number of nitrogens with zero attached hydrogens (tertiary/aromatic N) is 1. The lowest BCUT2D eigenvalue weighted by Crippen LogP contribution is -2.28. The van der Waals surface area contributed by atoms with Crippen molar-refractivity contribution in [3.8, 4) is 0 Å². The number of rotatable bonds is 3. The molecule has 0 saturated carbocycles. The number of halogens is 1. The van der Waals surface area contributed by atoms with Crippen LogP contribution in [-0.2, 0) is 9.59 Å². The predicted molar refractivity (Wildman–Crippen MR) is 109 cm³/mol. The Balaban J connectivity index is 1.76. The summed E-state index contributed by atoms with van der Waals surface area (Å²) >= 11 is 3.50. The first-order valence-corrected chi connectivity index (χ1v) is 9.50. The van der Waals surface area contributed by atoms with Gasteiger partial charge in [-0.05, 0) is 74.2 Å². The topological polar surface area (TPSA) is 49.4 Å². The summed E-state index contributed by atoms with van der Waals surface area (Å²) in [7, 11) is 0. The van der Waals surface area contributed by atoms with E-state index in [4.69, 9.17) is 0 Å². The van der Waals surface area contributed by atoms with Gasteiger partial charge in [-0.25, -0.2) is 0 Å². The van der Waals surface area contributed by atoms with Crippen molar-refractivity contribution in [2.75, 3.05) is 16.8 Å². The molecule has 2 aromatic rings. The molecule has 1 aliphatic heterocycles. The lowest BCUT2D eigenvalue weighted by atomic mass is 10.1. The van der Waals surface area contributed by atoms with Crippen LogP contribution in [0.1, 0.15) is 28.7 Å². The maximum atomic E-state index is 12.7.